The number of rotatable bonds is 18. The summed E-state index contributed by atoms with van der Waals surface area (Å²) in [6.07, 6.45) is -5.27. The number of hydrogen-bond donors (Lipinski definition) is 2. The molecule has 6 rings (SSSR count). The van der Waals surface area contributed by atoms with Gasteiger partial charge in [-0.05, 0) is 47.9 Å². The molecule has 67 heavy (non-hydrogen) atoms. The Kier molecular flexibility index (Phi) is 15.8. The van der Waals surface area contributed by atoms with Gasteiger partial charge in [-0.3, -0.25) is 24.5 Å². The maximum absolute atomic E-state index is 13.5. The number of nitrogens with one attached hydrogen (secondary N) is 1. The second-order valence-corrected chi connectivity index (χ2v) is 17.2. The van der Waals surface area contributed by atoms with Crippen LogP contribution < -0.4 is 10.1 Å². The van der Waals surface area contributed by atoms with Gasteiger partial charge in [-0.1, -0.05) is 49.7 Å². The number of carboxylic acids is 1. The molecule has 1 aliphatic heterocycles. The average Bonchev–Trinajstić information content (AvgIpc) is 3.61. The van der Waals surface area contributed by atoms with E-state index in [4.69, 9.17) is 43.1 Å². The summed E-state index contributed by atoms with van der Waals surface area (Å²) in [7, 11) is 6.41. The second-order valence-electron chi connectivity index (χ2n) is 17.2. The van der Waals surface area contributed by atoms with E-state index in [1.54, 1.807) is 18.2 Å². The number of benzene rings is 3. The van der Waals surface area contributed by atoms with Crippen LogP contribution in [0.25, 0.3) is 21.9 Å². The first-order valence-electron chi connectivity index (χ1n) is 21.7. The van der Waals surface area contributed by atoms with E-state index in [-0.39, 0.29) is 23.7 Å². The molecule has 1 saturated heterocycles. The number of hydrogen-bond acceptors (Lipinski definition) is 15. The van der Waals surface area contributed by atoms with Gasteiger partial charge in [0.15, 0.2) is 18.0 Å². The number of nitrogens with zero attached hydrogens (tertiary/aromatic N) is 4. The third-order valence-corrected chi connectivity index (χ3v) is 10.5. The molecule has 2 N–H and O–H groups in total. The lowest BCUT2D eigenvalue weighted by atomic mass is 9.98. The van der Waals surface area contributed by atoms with Crippen LogP contribution in [0.2, 0.25) is 0 Å². The molecule has 3 heterocycles. The molecular formula is C48H56N5O14+. The van der Waals surface area contributed by atoms with E-state index in [9.17, 15) is 33.9 Å². The normalized spacial score (nSPS) is 18.2. The van der Waals surface area contributed by atoms with E-state index in [1.165, 1.54) is 36.8 Å². The molecule has 2 aromatic heterocycles. The van der Waals surface area contributed by atoms with Crippen molar-refractivity contribution >= 4 is 63.7 Å². The molecule has 5 unspecified atom stereocenters. The number of esters is 4. The molecule has 5 atom stereocenters. The van der Waals surface area contributed by atoms with Crippen molar-refractivity contribution in [3.63, 3.8) is 0 Å². The first-order valence-corrected chi connectivity index (χ1v) is 21.7. The van der Waals surface area contributed by atoms with Crippen LogP contribution in [0.15, 0.2) is 66.7 Å². The zero-order valence-electron chi connectivity index (χ0n) is 38.7. The topological polar surface area (TPSA) is 230 Å². The van der Waals surface area contributed by atoms with Gasteiger partial charge in [0, 0.05) is 51.6 Å². The largest absolute Gasteiger partial charge is 0.478 e. The Bertz CT molecular complexity index is 2620. The van der Waals surface area contributed by atoms with E-state index in [0.717, 1.165) is 56.0 Å². The molecule has 0 bridgehead atoms. The SMILES string of the molecule is CCCCc1nc2c(NC(=O)OCc3ccc(OC4OC(COC(C)=O)C(OC(C)=O)C(OC(C)=O)C4OC(C)=O)cc3)nc3cc(C(=O)O)ccc3c2n1Cc1ccc(C[N+](C)(C)C)cc1. The molecule has 0 aliphatic carbocycles. The lowest BCUT2D eigenvalue weighted by Crippen LogP contribution is -2.63. The number of pyridine rings is 1. The molecule has 1 fully saturated rings. The van der Waals surface area contributed by atoms with E-state index in [2.05, 4.69) is 62.2 Å². The number of unbranched alkanes of at least 4 members (excludes halogenated alkanes) is 1. The molecule has 5 aromatic rings. The minimum Gasteiger partial charge on any atom is -0.478 e. The van der Waals surface area contributed by atoms with E-state index >= 15 is 0 Å². The summed E-state index contributed by atoms with van der Waals surface area (Å²) < 4.78 is 42.1. The Labute approximate surface area is 386 Å². The standard InChI is InChI=1S/C48H55N5O14/c1-9-10-11-39-50-40-41(52(39)23-31-12-14-32(15-13-31)24-53(6,7)8)36-21-18-34(46(58)59)22-37(36)49-45(40)51-48(60)62-25-33-16-19-35(20-17-33)66-47-44(65-30(5)57)43(64-29(4)56)42(63-28(3)55)38(67-47)26-61-27(2)54/h12-22,38,42-44,47H,9-11,23-26H2,1-8H3,(H-,49,51,58,59,60)/p+1. The van der Waals surface area contributed by atoms with Crippen LogP contribution in [0, 0.1) is 0 Å². The van der Waals surface area contributed by atoms with Crippen LogP contribution in [0.5, 0.6) is 5.75 Å². The minimum atomic E-state index is -1.45. The lowest BCUT2D eigenvalue weighted by Gasteiger charge is -2.43. The fourth-order valence-electron chi connectivity index (χ4n) is 7.70. The summed E-state index contributed by atoms with van der Waals surface area (Å²) in [6.45, 7) is 7.33. The number of carboxylic acid groups (broad SMARTS) is 1. The van der Waals surface area contributed by atoms with Gasteiger partial charge in [0.05, 0.1) is 37.7 Å². The number of imidazole rings is 1. The van der Waals surface area contributed by atoms with Crippen molar-refractivity contribution in [2.45, 2.75) is 104 Å². The number of aromatic carboxylic acids is 1. The first-order chi connectivity index (χ1) is 31.8. The van der Waals surface area contributed by atoms with Gasteiger partial charge in [-0.2, -0.15) is 0 Å². The van der Waals surface area contributed by atoms with Crippen molar-refractivity contribution in [1.29, 1.82) is 0 Å². The molecule has 356 valence electrons. The van der Waals surface area contributed by atoms with Crippen molar-refractivity contribution < 1.29 is 71.5 Å². The highest BCUT2D eigenvalue weighted by Gasteiger charge is 2.53. The van der Waals surface area contributed by atoms with Crippen LogP contribution in [0.4, 0.5) is 10.6 Å². The summed E-state index contributed by atoms with van der Waals surface area (Å²) in [5.74, 6) is -3.05. The van der Waals surface area contributed by atoms with Crippen molar-refractivity contribution in [3.05, 3.63) is 94.8 Å². The Morgan fingerprint density at radius 2 is 1.39 bits per heavy atom. The first kappa shape index (κ1) is 49.3. The Morgan fingerprint density at radius 3 is 2.00 bits per heavy atom. The number of quaternary nitrogens is 1. The van der Waals surface area contributed by atoms with Crippen LogP contribution in [0.3, 0.4) is 0 Å². The average molecular weight is 927 g/mol. The molecule has 19 heteroatoms. The Morgan fingerprint density at radius 1 is 0.761 bits per heavy atom. The molecule has 0 saturated carbocycles. The van der Waals surface area contributed by atoms with Gasteiger partial charge >= 0.3 is 35.9 Å². The molecule has 1 aliphatic rings. The lowest BCUT2D eigenvalue weighted by molar-refractivity contribution is -0.884. The van der Waals surface area contributed by atoms with Crippen molar-refractivity contribution in [2.75, 3.05) is 33.1 Å². The summed E-state index contributed by atoms with van der Waals surface area (Å²) in [5.41, 5.74) is 4.25. The van der Waals surface area contributed by atoms with Crippen molar-refractivity contribution in [3.8, 4) is 5.75 Å². The molecule has 0 radical (unpaired) electrons. The molecular weight excluding hydrogens is 871 g/mol. The maximum atomic E-state index is 13.5. The minimum absolute atomic E-state index is 0.0274. The van der Waals surface area contributed by atoms with Crippen LogP contribution in [0.1, 0.15) is 80.3 Å². The number of carbonyl (C=O) groups is 6. The summed E-state index contributed by atoms with van der Waals surface area (Å²) in [6, 6.07) is 19.4. The van der Waals surface area contributed by atoms with Crippen molar-refractivity contribution in [1.82, 2.24) is 14.5 Å². The number of carbonyl (C=O) groups excluding carboxylic acids is 5. The van der Waals surface area contributed by atoms with E-state index in [0.29, 0.717) is 40.5 Å². The van der Waals surface area contributed by atoms with Crippen LogP contribution in [-0.4, -0.2) is 119 Å². The van der Waals surface area contributed by atoms with Crippen LogP contribution in [-0.2, 0) is 73.7 Å². The molecule has 1 amide bonds. The Balaban J connectivity index is 1.23. The number of ether oxygens (including phenoxy) is 7. The highest BCUT2D eigenvalue weighted by molar-refractivity contribution is 6.10. The fourth-order valence-corrected chi connectivity index (χ4v) is 7.70. The molecule has 0 spiro atoms. The zero-order chi connectivity index (χ0) is 48.6. The van der Waals surface area contributed by atoms with Gasteiger partial charge in [0.2, 0.25) is 12.4 Å². The quantitative estimate of drug-likeness (QED) is 0.0575. The third kappa shape index (κ3) is 13.0. The second kappa shape index (κ2) is 21.5. The Hall–Kier alpha value is -7.12. The van der Waals surface area contributed by atoms with Gasteiger partial charge in [-0.25, -0.2) is 19.6 Å². The van der Waals surface area contributed by atoms with Gasteiger partial charge in [0.1, 0.15) is 43.0 Å². The monoisotopic (exact) mass is 926 g/mol. The van der Waals surface area contributed by atoms with E-state index in [1.807, 2.05) is 0 Å². The number of anilines is 1. The highest BCUT2D eigenvalue weighted by Crippen LogP contribution is 2.34. The number of aromatic nitrogens is 3. The highest BCUT2D eigenvalue weighted by atomic mass is 16.7. The molecule has 3 aromatic carbocycles. The third-order valence-electron chi connectivity index (χ3n) is 10.5. The van der Waals surface area contributed by atoms with Gasteiger partial charge in [0.25, 0.3) is 0 Å². The summed E-state index contributed by atoms with van der Waals surface area (Å²) >= 11 is 0. The number of amides is 1. The van der Waals surface area contributed by atoms with Crippen LogP contribution >= 0.6 is 0 Å². The summed E-state index contributed by atoms with van der Waals surface area (Å²) in [4.78, 5) is 83.5. The summed E-state index contributed by atoms with van der Waals surface area (Å²) in [5, 5.41) is 13.3. The predicted molar refractivity (Wildman–Crippen MR) is 241 cm³/mol. The van der Waals surface area contributed by atoms with E-state index < -0.39 is 73.3 Å². The fraction of sp³-hybridized carbons (Fsp3) is 0.417. The van der Waals surface area contributed by atoms with Gasteiger partial charge in [-0.15, -0.1) is 0 Å². The number of fused-ring (bicyclic) bond motifs is 3. The maximum Gasteiger partial charge on any atom is 0.413 e. The smallest absolute Gasteiger partial charge is 0.413 e. The predicted octanol–water partition coefficient (Wildman–Crippen LogP) is 6.09. The number of aryl methyl sites for hydroxylation is 1. The molecule has 19 nitrogen and oxygen atoms in total. The zero-order valence-corrected chi connectivity index (χ0v) is 38.7. The van der Waals surface area contributed by atoms with Gasteiger partial charge < -0.3 is 47.3 Å². The van der Waals surface area contributed by atoms with Crippen molar-refractivity contribution in [2.24, 2.45) is 0 Å².